The summed E-state index contributed by atoms with van der Waals surface area (Å²) in [4.78, 5) is 15.8. The SMILES string of the molecule is COc1c(C(=O)/C=C/c2ccccc2)c(OCCN2CCCCC2)c(OC)c2occc12. The third-order valence-corrected chi connectivity index (χ3v) is 5.76. The lowest BCUT2D eigenvalue weighted by Gasteiger charge is -2.26. The average Bonchev–Trinajstić information content (AvgIpc) is 3.32. The number of likely N-dealkylation sites (tertiary alicyclic amines) is 1. The average molecular weight is 436 g/mol. The Morgan fingerprint density at radius 2 is 1.75 bits per heavy atom. The fraction of sp³-hybridized carbons (Fsp3) is 0.346. The van der Waals surface area contributed by atoms with Crippen molar-refractivity contribution in [3.63, 3.8) is 0 Å². The van der Waals surface area contributed by atoms with Crippen molar-refractivity contribution in [2.45, 2.75) is 19.3 Å². The topological polar surface area (TPSA) is 61.1 Å². The van der Waals surface area contributed by atoms with Crippen LogP contribution in [0.15, 0.2) is 53.2 Å². The molecule has 32 heavy (non-hydrogen) atoms. The van der Waals surface area contributed by atoms with Crippen molar-refractivity contribution in [2.75, 3.05) is 40.5 Å². The maximum absolute atomic E-state index is 13.4. The smallest absolute Gasteiger partial charge is 0.205 e. The zero-order valence-corrected chi connectivity index (χ0v) is 18.6. The van der Waals surface area contributed by atoms with E-state index in [2.05, 4.69) is 4.90 Å². The lowest BCUT2D eigenvalue weighted by Crippen LogP contribution is -2.33. The van der Waals surface area contributed by atoms with Crippen molar-refractivity contribution in [1.29, 1.82) is 0 Å². The van der Waals surface area contributed by atoms with E-state index in [1.165, 1.54) is 25.3 Å². The zero-order chi connectivity index (χ0) is 22.3. The fourth-order valence-electron chi connectivity index (χ4n) is 4.16. The molecular formula is C26H29NO5. The fourth-order valence-corrected chi connectivity index (χ4v) is 4.16. The number of carbonyl (C=O) groups excluding carboxylic acids is 1. The van der Waals surface area contributed by atoms with E-state index in [0.29, 0.717) is 40.4 Å². The number of hydrogen-bond acceptors (Lipinski definition) is 6. The molecule has 0 spiro atoms. The van der Waals surface area contributed by atoms with Gasteiger partial charge >= 0.3 is 0 Å². The molecule has 1 saturated heterocycles. The summed E-state index contributed by atoms with van der Waals surface area (Å²) in [5, 5.41) is 0.671. The number of furan rings is 1. The minimum Gasteiger partial charge on any atom is -0.495 e. The van der Waals surface area contributed by atoms with Gasteiger partial charge in [-0.05, 0) is 43.6 Å². The first-order valence-corrected chi connectivity index (χ1v) is 11.0. The first-order chi connectivity index (χ1) is 15.7. The second-order valence-corrected chi connectivity index (χ2v) is 7.79. The highest BCUT2D eigenvalue weighted by Gasteiger charge is 2.28. The van der Waals surface area contributed by atoms with Gasteiger partial charge in [-0.2, -0.15) is 0 Å². The second kappa shape index (κ2) is 10.4. The Labute approximate surface area is 188 Å². The van der Waals surface area contributed by atoms with Crippen LogP contribution in [0.5, 0.6) is 17.2 Å². The van der Waals surface area contributed by atoms with Crippen molar-refractivity contribution in [2.24, 2.45) is 0 Å². The number of piperidine rings is 1. The molecule has 2 aromatic carbocycles. The van der Waals surface area contributed by atoms with Crippen LogP contribution in [0.25, 0.3) is 17.0 Å². The Hall–Kier alpha value is -3.25. The molecule has 168 valence electrons. The van der Waals surface area contributed by atoms with E-state index in [1.807, 2.05) is 30.3 Å². The number of carbonyl (C=O) groups is 1. The summed E-state index contributed by atoms with van der Waals surface area (Å²) in [6.45, 7) is 3.38. The number of benzene rings is 2. The molecule has 1 fully saturated rings. The van der Waals surface area contributed by atoms with Crippen molar-refractivity contribution in [3.05, 3.63) is 59.9 Å². The van der Waals surface area contributed by atoms with Crippen molar-refractivity contribution in [3.8, 4) is 17.2 Å². The normalized spacial score (nSPS) is 14.7. The Morgan fingerprint density at radius 3 is 2.47 bits per heavy atom. The van der Waals surface area contributed by atoms with Gasteiger partial charge in [0.2, 0.25) is 5.75 Å². The van der Waals surface area contributed by atoms with Gasteiger partial charge in [0.05, 0.1) is 25.9 Å². The predicted molar refractivity (Wildman–Crippen MR) is 125 cm³/mol. The minimum absolute atomic E-state index is 0.222. The van der Waals surface area contributed by atoms with Gasteiger partial charge < -0.3 is 18.6 Å². The number of allylic oxidation sites excluding steroid dienone is 1. The highest BCUT2D eigenvalue weighted by Crippen LogP contribution is 2.46. The molecule has 0 bridgehead atoms. The van der Waals surface area contributed by atoms with Gasteiger partial charge in [-0.25, -0.2) is 0 Å². The van der Waals surface area contributed by atoms with Crippen LogP contribution in [-0.2, 0) is 0 Å². The van der Waals surface area contributed by atoms with Crippen molar-refractivity contribution < 1.29 is 23.4 Å². The highest BCUT2D eigenvalue weighted by molar-refractivity contribution is 6.15. The number of ether oxygens (including phenoxy) is 3. The first-order valence-electron chi connectivity index (χ1n) is 11.0. The number of ketones is 1. The summed E-state index contributed by atoms with van der Waals surface area (Å²) in [7, 11) is 3.10. The van der Waals surface area contributed by atoms with E-state index in [1.54, 1.807) is 32.6 Å². The molecular weight excluding hydrogens is 406 g/mol. The van der Waals surface area contributed by atoms with E-state index in [-0.39, 0.29) is 5.78 Å². The van der Waals surface area contributed by atoms with Gasteiger partial charge in [0, 0.05) is 6.54 Å². The van der Waals surface area contributed by atoms with Gasteiger partial charge in [-0.15, -0.1) is 0 Å². The molecule has 0 aliphatic carbocycles. The maximum atomic E-state index is 13.4. The molecule has 1 aromatic heterocycles. The van der Waals surface area contributed by atoms with E-state index in [0.717, 1.165) is 25.2 Å². The van der Waals surface area contributed by atoms with E-state index in [4.69, 9.17) is 18.6 Å². The van der Waals surface area contributed by atoms with Gasteiger partial charge in [0.25, 0.3) is 0 Å². The van der Waals surface area contributed by atoms with Crippen LogP contribution in [-0.4, -0.2) is 51.1 Å². The Kier molecular flexibility index (Phi) is 7.12. The Balaban J connectivity index is 1.70. The predicted octanol–water partition coefficient (Wildman–Crippen LogP) is 5.21. The van der Waals surface area contributed by atoms with Crippen LogP contribution in [0.3, 0.4) is 0 Å². The minimum atomic E-state index is -0.222. The summed E-state index contributed by atoms with van der Waals surface area (Å²) >= 11 is 0. The lowest BCUT2D eigenvalue weighted by molar-refractivity contribution is 0.103. The molecule has 0 saturated carbocycles. The largest absolute Gasteiger partial charge is 0.495 e. The number of fused-ring (bicyclic) bond motifs is 1. The van der Waals surface area contributed by atoms with Crippen molar-refractivity contribution in [1.82, 2.24) is 4.90 Å². The molecule has 6 nitrogen and oxygen atoms in total. The van der Waals surface area contributed by atoms with E-state index in [9.17, 15) is 4.79 Å². The van der Waals surface area contributed by atoms with Crippen LogP contribution in [0, 0.1) is 0 Å². The number of methoxy groups -OCH3 is 2. The molecule has 0 atom stereocenters. The maximum Gasteiger partial charge on any atom is 0.205 e. The molecule has 4 rings (SSSR count). The Bertz CT molecular complexity index is 1080. The van der Waals surface area contributed by atoms with Crippen LogP contribution in [0.2, 0.25) is 0 Å². The molecule has 1 aliphatic heterocycles. The van der Waals surface area contributed by atoms with Crippen LogP contribution < -0.4 is 14.2 Å². The van der Waals surface area contributed by atoms with E-state index < -0.39 is 0 Å². The summed E-state index contributed by atoms with van der Waals surface area (Å²) in [6, 6.07) is 11.5. The Morgan fingerprint density at radius 1 is 1.00 bits per heavy atom. The number of nitrogens with zero attached hydrogens (tertiary/aromatic N) is 1. The summed E-state index contributed by atoms with van der Waals surface area (Å²) in [6.07, 6.45) is 8.58. The summed E-state index contributed by atoms with van der Waals surface area (Å²) in [5.41, 5.74) is 1.77. The molecule has 6 heteroatoms. The molecule has 0 amide bonds. The molecule has 0 unspecified atom stereocenters. The van der Waals surface area contributed by atoms with Crippen LogP contribution in [0.1, 0.15) is 35.2 Å². The van der Waals surface area contributed by atoms with Gasteiger partial charge in [-0.1, -0.05) is 42.8 Å². The summed E-state index contributed by atoms with van der Waals surface area (Å²) < 4.78 is 23.2. The molecule has 1 aliphatic rings. The standard InChI is InChI=1S/C26H29NO5/c1-29-23-20-13-17-31-24(20)26(30-2)25(32-18-16-27-14-7-4-8-15-27)22(23)21(28)12-11-19-9-5-3-6-10-19/h3,5-6,9-13,17H,4,7-8,14-16,18H2,1-2H3/b12-11+. The van der Waals surface area contributed by atoms with E-state index >= 15 is 0 Å². The summed E-state index contributed by atoms with van der Waals surface area (Å²) in [5.74, 6) is 0.956. The molecule has 0 radical (unpaired) electrons. The van der Waals surface area contributed by atoms with Crippen molar-refractivity contribution >= 4 is 22.8 Å². The second-order valence-electron chi connectivity index (χ2n) is 7.79. The van der Waals surface area contributed by atoms with Crippen LogP contribution >= 0.6 is 0 Å². The monoisotopic (exact) mass is 435 g/mol. The van der Waals surface area contributed by atoms with Crippen LogP contribution in [0.4, 0.5) is 0 Å². The van der Waals surface area contributed by atoms with Gasteiger partial charge in [-0.3, -0.25) is 9.69 Å². The number of hydrogen-bond donors (Lipinski definition) is 0. The molecule has 2 heterocycles. The number of rotatable bonds is 9. The quantitative estimate of drug-likeness (QED) is 0.340. The lowest BCUT2D eigenvalue weighted by atomic mass is 10.0. The highest BCUT2D eigenvalue weighted by atomic mass is 16.5. The van der Waals surface area contributed by atoms with Gasteiger partial charge in [0.1, 0.15) is 17.9 Å². The zero-order valence-electron chi connectivity index (χ0n) is 18.6. The first kappa shape index (κ1) is 22.0. The molecule has 0 N–H and O–H groups in total. The third-order valence-electron chi connectivity index (χ3n) is 5.76. The van der Waals surface area contributed by atoms with Gasteiger partial charge in [0.15, 0.2) is 17.1 Å². The molecule has 3 aromatic rings. The third kappa shape index (κ3) is 4.65.